The van der Waals surface area contributed by atoms with Gasteiger partial charge in [0, 0.05) is 16.2 Å². The lowest BCUT2D eigenvalue weighted by molar-refractivity contribution is 0.659. The second-order valence-corrected chi connectivity index (χ2v) is 20.6. The van der Waals surface area contributed by atoms with Gasteiger partial charge in [-0.15, -0.1) is 0 Å². The van der Waals surface area contributed by atoms with E-state index in [2.05, 4.69) is 236 Å². The molecule has 0 fully saturated rings. The van der Waals surface area contributed by atoms with Crippen molar-refractivity contribution in [2.75, 3.05) is 0 Å². The van der Waals surface area contributed by atoms with Crippen molar-refractivity contribution >= 4 is 21.5 Å². The summed E-state index contributed by atoms with van der Waals surface area (Å²) in [4.78, 5) is 0. The van der Waals surface area contributed by atoms with Gasteiger partial charge in [0.1, 0.15) is 0 Å². The van der Waals surface area contributed by atoms with Gasteiger partial charge in [0.15, 0.2) is 0 Å². The summed E-state index contributed by atoms with van der Waals surface area (Å²) >= 11 is 0. The Bertz CT molecular complexity index is 3680. The molecule has 13 rings (SSSR count). The number of benzene rings is 10. The zero-order chi connectivity index (χ0) is 44.0. The van der Waals surface area contributed by atoms with Gasteiger partial charge in [0.05, 0.1) is 0 Å². The van der Waals surface area contributed by atoms with Gasteiger partial charge in [-0.05, 0) is 181 Å². The summed E-state index contributed by atoms with van der Waals surface area (Å²) in [6.07, 6.45) is 0. The van der Waals surface area contributed by atoms with E-state index in [-0.39, 0.29) is 16.2 Å². The minimum Gasteiger partial charge on any atom is -0.0619 e. The minimum atomic E-state index is -0.139. The standard InChI is InChI=1S/C65H50/c1-63(2)57-14-10-9-13-51(57)56-34-46(25-30-58(56)63)48-22-27-53-55-29-24-50(38-62(55)65(5,6)60(53)36-48)49-23-28-54-52-26-21-47(35-59(52)64(3,4)61(54)37-49)45-20-19-43-32-42(17-18-44(43)33-45)41-16-15-39-11-7-8-12-40(39)31-41/h7-38H,1-6H3. The normalized spacial score (nSPS) is 15.3. The lowest BCUT2D eigenvalue weighted by atomic mass is 9.79. The fraction of sp³-hybridized carbons (Fsp3) is 0.138. The summed E-state index contributed by atoms with van der Waals surface area (Å²) in [6, 6.07) is 73.9. The highest BCUT2D eigenvalue weighted by Crippen LogP contribution is 2.54. The van der Waals surface area contributed by atoms with Crippen molar-refractivity contribution in [2.24, 2.45) is 0 Å². The molecule has 0 N–H and O–H groups in total. The molecular formula is C65H50. The molecule has 0 bridgehead atoms. The molecule has 0 heterocycles. The van der Waals surface area contributed by atoms with Gasteiger partial charge < -0.3 is 0 Å². The maximum atomic E-state index is 2.48. The first-order chi connectivity index (χ1) is 31.4. The lowest BCUT2D eigenvalue weighted by Gasteiger charge is -2.24. The highest BCUT2D eigenvalue weighted by molar-refractivity contribution is 5.95. The zero-order valence-corrected chi connectivity index (χ0v) is 38.0. The largest absolute Gasteiger partial charge is 0.0619 e. The van der Waals surface area contributed by atoms with Crippen LogP contribution in [0.25, 0.3) is 99.4 Å². The topological polar surface area (TPSA) is 0 Å². The first-order valence-electron chi connectivity index (χ1n) is 23.3. The lowest BCUT2D eigenvalue weighted by Crippen LogP contribution is -2.15. The molecule has 0 saturated heterocycles. The maximum absolute atomic E-state index is 2.48. The molecule has 0 radical (unpaired) electrons. The van der Waals surface area contributed by atoms with Gasteiger partial charge in [-0.3, -0.25) is 0 Å². The summed E-state index contributed by atoms with van der Waals surface area (Å²) in [6.45, 7) is 14.3. The summed E-state index contributed by atoms with van der Waals surface area (Å²) in [5.41, 5.74) is 26.4. The van der Waals surface area contributed by atoms with E-state index in [1.807, 2.05) is 0 Å². The van der Waals surface area contributed by atoms with E-state index in [0.717, 1.165) is 0 Å². The predicted molar refractivity (Wildman–Crippen MR) is 276 cm³/mol. The van der Waals surface area contributed by atoms with Crippen molar-refractivity contribution in [3.8, 4) is 77.9 Å². The zero-order valence-electron chi connectivity index (χ0n) is 38.0. The summed E-state index contributed by atoms with van der Waals surface area (Å²) in [5.74, 6) is 0. The van der Waals surface area contributed by atoms with Crippen molar-refractivity contribution in [2.45, 2.75) is 57.8 Å². The molecule has 0 aliphatic heterocycles. The van der Waals surface area contributed by atoms with Gasteiger partial charge in [0.2, 0.25) is 0 Å². The summed E-state index contributed by atoms with van der Waals surface area (Å²) < 4.78 is 0. The Kier molecular flexibility index (Phi) is 7.86. The number of hydrogen-bond donors (Lipinski definition) is 0. The Morgan fingerprint density at radius 3 is 0.969 bits per heavy atom. The smallest absolute Gasteiger partial charge is 0.0159 e. The molecule has 0 saturated carbocycles. The molecule has 10 aromatic carbocycles. The number of rotatable bonds is 4. The Morgan fingerprint density at radius 2 is 0.492 bits per heavy atom. The van der Waals surface area contributed by atoms with E-state index in [1.54, 1.807) is 0 Å². The first-order valence-corrected chi connectivity index (χ1v) is 23.3. The minimum absolute atomic E-state index is 0.0107. The van der Waals surface area contributed by atoms with E-state index in [4.69, 9.17) is 0 Å². The quantitative estimate of drug-likeness (QED) is 0.166. The van der Waals surface area contributed by atoms with E-state index < -0.39 is 0 Å². The molecule has 65 heavy (non-hydrogen) atoms. The third kappa shape index (κ3) is 5.56. The molecule has 10 aromatic rings. The van der Waals surface area contributed by atoms with Crippen LogP contribution in [0.3, 0.4) is 0 Å². The predicted octanol–water partition coefficient (Wildman–Crippen LogP) is 17.6. The molecule has 0 spiro atoms. The summed E-state index contributed by atoms with van der Waals surface area (Å²) in [5, 5.41) is 5.06. The average Bonchev–Trinajstić information content (AvgIpc) is 3.81. The number of fused-ring (bicyclic) bond motifs is 11. The van der Waals surface area contributed by atoms with Crippen LogP contribution in [0.15, 0.2) is 194 Å². The highest BCUT2D eigenvalue weighted by Gasteiger charge is 2.39. The first kappa shape index (κ1) is 38.2. The molecule has 0 aromatic heterocycles. The van der Waals surface area contributed by atoms with E-state index in [0.29, 0.717) is 0 Å². The third-order valence-electron chi connectivity index (χ3n) is 15.9. The van der Waals surface area contributed by atoms with Gasteiger partial charge in [-0.25, -0.2) is 0 Å². The van der Waals surface area contributed by atoms with Gasteiger partial charge >= 0.3 is 0 Å². The summed E-state index contributed by atoms with van der Waals surface area (Å²) in [7, 11) is 0. The molecule has 310 valence electrons. The van der Waals surface area contributed by atoms with Crippen LogP contribution < -0.4 is 0 Å². The van der Waals surface area contributed by atoms with Crippen LogP contribution in [0.2, 0.25) is 0 Å². The molecular weight excluding hydrogens is 781 g/mol. The van der Waals surface area contributed by atoms with Crippen molar-refractivity contribution in [1.29, 1.82) is 0 Å². The van der Waals surface area contributed by atoms with Crippen molar-refractivity contribution in [3.05, 3.63) is 228 Å². The molecule has 3 aliphatic carbocycles. The van der Waals surface area contributed by atoms with E-state index >= 15 is 0 Å². The molecule has 0 unspecified atom stereocenters. The van der Waals surface area contributed by atoms with Crippen LogP contribution in [0.4, 0.5) is 0 Å². The molecule has 0 amide bonds. The molecule has 3 aliphatic rings. The second-order valence-electron chi connectivity index (χ2n) is 20.6. The molecule has 0 nitrogen and oxygen atoms in total. The van der Waals surface area contributed by atoms with Crippen LogP contribution in [0.5, 0.6) is 0 Å². The second kappa shape index (κ2) is 13.4. The van der Waals surface area contributed by atoms with Crippen molar-refractivity contribution < 1.29 is 0 Å². The molecule has 0 atom stereocenters. The van der Waals surface area contributed by atoms with E-state index in [9.17, 15) is 0 Å². The van der Waals surface area contributed by atoms with Crippen LogP contribution in [-0.2, 0) is 16.2 Å². The van der Waals surface area contributed by atoms with Crippen LogP contribution >= 0.6 is 0 Å². The Balaban J connectivity index is 0.792. The van der Waals surface area contributed by atoms with Crippen LogP contribution in [0.1, 0.15) is 74.9 Å². The van der Waals surface area contributed by atoms with Crippen LogP contribution in [-0.4, -0.2) is 0 Å². The van der Waals surface area contributed by atoms with Gasteiger partial charge in [-0.1, -0.05) is 187 Å². The Labute approximate surface area is 382 Å². The maximum Gasteiger partial charge on any atom is 0.0159 e. The van der Waals surface area contributed by atoms with E-state index in [1.165, 1.54) is 133 Å². The van der Waals surface area contributed by atoms with Crippen molar-refractivity contribution in [1.82, 2.24) is 0 Å². The third-order valence-corrected chi connectivity index (χ3v) is 15.9. The van der Waals surface area contributed by atoms with Gasteiger partial charge in [0.25, 0.3) is 0 Å². The monoisotopic (exact) mass is 830 g/mol. The van der Waals surface area contributed by atoms with Crippen LogP contribution in [0, 0.1) is 0 Å². The Hall–Kier alpha value is -7.28. The average molecular weight is 831 g/mol. The van der Waals surface area contributed by atoms with Gasteiger partial charge in [-0.2, -0.15) is 0 Å². The molecule has 0 heteroatoms. The fourth-order valence-electron chi connectivity index (χ4n) is 12.1. The SMILES string of the molecule is CC1(C)c2ccccc2-c2cc(-c3ccc4c(c3)C(C)(C)c3cc(-c5ccc6c(c5)C(C)(C)c5cc(-c7ccc8cc(-c9ccc%10ccccc%10c9)ccc8c7)ccc5-6)ccc3-4)ccc21. The van der Waals surface area contributed by atoms with Crippen molar-refractivity contribution in [3.63, 3.8) is 0 Å². The fourth-order valence-corrected chi connectivity index (χ4v) is 12.1. The Morgan fingerprint density at radius 1 is 0.200 bits per heavy atom. The highest BCUT2D eigenvalue weighted by atomic mass is 14.4. The number of hydrogen-bond acceptors (Lipinski definition) is 0.